The van der Waals surface area contributed by atoms with E-state index in [2.05, 4.69) is 34.5 Å². The van der Waals surface area contributed by atoms with Crippen LogP contribution < -0.4 is 5.32 Å². The van der Waals surface area contributed by atoms with Crippen LogP contribution in [0, 0.1) is 0 Å². The Kier molecular flexibility index (Phi) is 6.84. The van der Waals surface area contributed by atoms with Crippen molar-refractivity contribution in [3.8, 4) is 0 Å². The van der Waals surface area contributed by atoms with Crippen LogP contribution in [0.2, 0.25) is 0 Å². The minimum Gasteiger partial charge on any atom is -0.469 e. The molecule has 2 rings (SSSR count). The van der Waals surface area contributed by atoms with E-state index < -0.39 is 0 Å². The van der Waals surface area contributed by atoms with Crippen molar-refractivity contribution in [2.45, 2.75) is 19.0 Å². The molecule has 5 heteroatoms. The van der Waals surface area contributed by atoms with Crippen LogP contribution in [0.1, 0.15) is 12.0 Å². The summed E-state index contributed by atoms with van der Waals surface area (Å²) >= 11 is 0. The van der Waals surface area contributed by atoms with E-state index in [-0.39, 0.29) is 24.4 Å². The summed E-state index contributed by atoms with van der Waals surface area (Å²) in [6, 6.07) is 10.6. The molecule has 1 aromatic rings. The van der Waals surface area contributed by atoms with E-state index in [4.69, 9.17) is 4.74 Å². The van der Waals surface area contributed by atoms with Gasteiger partial charge < -0.3 is 10.1 Å². The second kappa shape index (κ2) is 8.15. The molecular weight excluding hydrogens is 264 g/mol. The number of piperazine rings is 1. The first kappa shape index (κ1) is 16.0. The van der Waals surface area contributed by atoms with Gasteiger partial charge in [-0.3, -0.25) is 9.69 Å². The lowest BCUT2D eigenvalue weighted by Crippen LogP contribution is -2.51. The quantitative estimate of drug-likeness (QED) is 0.850. The molecule has 106 valence electrons. The topological polar surface area (TPSA) is 41.6 Å². The van der Waals surface area contributed by atoms with Gasteiger partial charge in [0.2, 0.25) is 0 Å². The average molecular weight is 285 g/mol. The number of ether oxygens (including phenoxy) is 1. The van der Waals surface area contributed by atoms with Crippen molar-refractivity contribution in [2.75, 3.05) is 26.7 Å². The van der Waals surface area contributed by atoms with Crippen LogP contribution in [0.5, 0.6) is 0 Å². The van der Waals surface area contributed by atoms with Crippen LogP contribution in [0.15, 0.2) is 30.3 Å². The number of nitrogens with zero attached hydrogens (tertiary/aromatic N) is 1. The zero-order valence-corrected chi connectivity index (χ0v) is 12.0. The molecule has 0 unspecified atom stereocenters. The lowest BCUT2D eigenvalue weighted by molar-refractivity contribution is -0.141. The van der Waals surface area contributed by atoms with Crippen LogP contribution in [-0.2, 0) is 16.1 Å². The molecule has 0 radical (unpaired) electrons. The molecule has 0 bridgehead atoms. The zero-order chi connectivity index (χ0) is 12.8. The van der Waals surface area contributed by atoms with E-state index >= 15 is 0 Å². The highest BCUT2D eigenvalue weighted by atomic mass is 35.5. The smallest absolute Gasteiger partial charge is 0.307 e. The maximum atomic E-state index is 11.3. The van der Waals surface area contributed by atoms with Gasteiger partial charge in [0.1, 0.15) is 0 Å². The lowest BCUT2D eigenvalue weighted by Gasteiger charge is -2.33. The molecule has 0 aliphatic carbocycles. The molecule has 1 atom stereocenters. The first-order valence-corrected chi connectivity index (χ1v) is 6.34. The summed E-state index contributed by atoms with van der Waals surface area (Å²) in [6.07, 6.45) is 0.446. The predicted octanol–water partition coefficient (Wildman–Crippen LogP) is 1.45. The van der Waals surface area contributed by atoms with Gasteiger partial charge in [0.15, 0.2) is 0 Å². The van der Waals surface area contributed by atoms with E-state index in [9.17, 15) is 4.79 Å². The van der Waals surface area contributed by atoms with Gasteiger partial charge in [-0.15, -0.1) is 12.4 Å². The Balaban J connectivity index is 0.00000180. The van der Waals surface area contributed by atoms with Gasteiger partial charge >= 0.3 is 5.97 Å². The van der Waals surface area contributed by atoms with Gasteiger partial charge in [-0.1, -0.05) is 30.3 Å². The first-order valence-electron chi connectivity index (χ1n) is 6.34. The fraction of sp³-hybridized carbons (Fsp3) is 0.500. The van der Waals surface area contributed by atoms with E-state index in [1.165, 1.54) is 12.7 Å². The van der Waals surface area contributed by atoms with Crippen LogP contribution in [0.3, 0.4) is 0 Å². The van der Waals surface area contributed by atoms with Crippen molar-refractivity contribution in [2.24, 2.45) is 0 Å². The van der Waals surface area contributed by atoms with Gasteiger partial charge in [0.05, 0.1) is 13.5 Å². The molecule has 1 saturated heterocycles. The number of carbonyl (C=O) groups excluding carboxylic acids is 1. The fourth-order valence-electron chi connectivity index (χ4n) is 2.30. The SMILES string of the molecule is COC(=O)C[C@@H]1CN(Cc2ccccc2)CCN1.Cl. The Bertz CT molecular complexity index is 386. The number of hydrogen-bond donors (Lipinski definition) is 1. The Morgan fingerprint density at radius 2 is 2.16 bits per heavy atom. The summed E-state index contributed by atoms with van der Waals surface area (Å²) in [5.41, 5.74) is 1.32. The summed E-state index contributed by atoms with van der Waals surface area (Å²) in [5, 5.41) is 3.36. The Morgan fingerprint density at radius 1 is 1.42 bits per heavy atom. The molecule has 0 saturated carbocycles. The van der Waals surface area contributed by atoms with Crippen LogP contribution in [0.25, 0.3) is 0 Å². The minimum atomic E-state index is -0.144. The van der Waals surface area contributed by atoms with Crippen molar-refractivity contribution < 1.29 is 9.53 Å². The number of carbonyl (C=O) groups is 1. The summed E-state index contributed by atoms with van der Waals surface area (Å²) in [7, 11) is 1.44. The summed E-state index contributed by atoms with van der Waals surface area (Å²) in [5.74, 6) is -0.144. The van der Waals surface area contributed by atoms with Crippen molar-refractivity contribution >= 4 is 18.4 Å². The molecule has 1 aromatic carbocycles. The van der Waals surface area contributed by atoms with Crippen molar-refractivity contribution in [3.63, 3.8) is 0 Å². The normalized spacial score (nSPS) is 19.5. The average Bonchev–Trinajstić information content (AvgIpc) is 2.40. The maximum Gasteiger partial charge on any atom is 0.307 e. The van der Waals surface area contributed by atoms with Crippen LogP contribution in [-0.4, -0.2) is 43.7 Å². The van der Waals surface area contributed by atoms with Crippen LogP contribution >= 0.6 is 12.4 Å². The zero-order valence-electron chi connectivity index (χ0n) is 11.2. The Hall–Kier alpha value is -1.10. The standard InChI is InChI=1S/C14H20N2O2.ClH/c1-18-14(17)9-13-11-16(8-7-15-13)10-12-5-3-2-4-6-12;/h2-6,13,15H,7-11H2,1H3;1H/t13-;/m1./s1. The molecule has 1 aliphatic heterocycles. The lowest BCUT2D eigenvalue weighted by atomic mass is 10.1. The van der Waals surface area contributed by atoms with Gasteiger partial charge in [-0.05, 0) is 5.56 Å². The molecule has 4 nitrogen and oxygen atoms in total. The van der Waals surface area contributed by atoms with Gasteiger partial charge in [0, 0.05) is 32.2 Å². The third kappa shape index (κ3) is 5.19. The monoisotopic (exact) mass is 284 g/mol. The van der Waals surface area contributed by atoms with Crippen LogP contribution in [0.4, 0.5) is 0 Å². The second-order valence-corrected chi connectivity index (χ2v) is 4.65. The number of nitrogens with one attached hydrogen (secondary N) is 1. The number of methoxy groups -OCH3 is 1. The largest absolute Gasteiger partial charge is 0.469 e. The number of hydrogen-bond acceptors (Lipinski definition) is 4. The van der Waals surface area contributed by atoms with Gasteiger partial charge in [-0.2, -0.15) is 0 Å². The second-order valence-electron chi connectivity index (χ2n) is 4.65. The summed E-state index contributed by atoms with van der Waals surface area (Å²) in [4.78, 5) is 13.6. The molecule has 0 aromatic heterocycles. The molecule has 1 fully saturated rings. The maximum absolute atomic E-state index is 11.3. The summed E-state index contributed by atoms with van der Waals surface area (Å²) < 4.78 is 4.71. The highest BCUT2D eigenvalue weighted by Crippen LogP contribution is 2.09. The number of esters is 1. The summed E-state index contributed by atoms with van der Waals surface area (Å²) in [6.45, 7) is 3.78. The third-order valence-electron chi connectivity index (χ3n) is 3.23. The number of rotatable bonds is 4. The molecule has 19 heavy (non-hydrogen) atoms. The predicted molar refractivity (Wildman–Crippen MR) is 77.4 cm³/mol. The van der Waals surface area contributed by atoms with E-state index in [1.807, 2.05) is 6.07 Å². The Morgan fingerprint density at radius 3 is 2.84 bits per heavy atom. The minimum absolute atomic E-state index is 0. The molecule has 0 spiro atoms. The first-order chi connectivity index (χ1) is 8.78. The van der Waals surface area contributed by atoms with Crippen molar-refractivity contribution in [3.05, 3.63) is 35.9 Å². The fourth-order valence-corrected chi connectivity index (χ4v) is 2.30. The molecule has 1 aliphatic rings. The van der Waals surface area contributed by atoms with E-state index in [0.717, 1.165) is 26.2 Å². The van der Waals surface area contributed by atoms with Crippen molar-refractivity contribution in [1.82, 2.24) is 10.2 Å². The number of halogens is 1. The number of benzene rings is 1. The van der Waals surface area contributed by atoms with E-state index in [0.29, 0.717) is 6.42 Å². The molecular formula is C14H21ClN2O2. The van der Waals surface area contributed by atoms with Crippen molar-refractivity contribution in [1.29, 1.82) is 0 Å². The van der Waals surface area contributed by atoms with E-state index in [1.54, 1.807) is 0 Å². The molecule has 1 N–H and O–H groups in total. The molecule has 1 heterocycles. The van der Waals surface area contributed by atoms with Gasteiger partial charge in [-0.25, -0.2) is 0 Å². The highest BCUT2D eigenvalue weighted by molar-refractivity contribution is 5.85. The Labute approximate surface area is 120 Å². The van der Waals surface area contributed by atoms with Gasteiger partial charge in [0.25, 0.3) is 0 Å². The highest BCUT2D eigenvalue weighted by Gasteiger charge is 2.21. The third-order valence-corrected chi connectivity index (χ3v) is 3.23. The molecule has 0 amide bonds.